The van der Waals surface area contributed by atoms with Crippen molar-refractivity contribution in [1.29, 1.82) is 0 Å². The van der Waals surface area contributed by atoms with Crippen molar-refractivity contribution in [1.82, 2.24) is 9.80 Å². The summed E-state index contributed by atoms with van der Waals surface area (Å²) in [6.45, 7) is 3.18. The molecule has 1 unspecified atom stereocenters. The van der Waals surface area contributed by atoms with Gasteiger partial charge in [0.05, 0.1) is 6.04 Å². The molecule has 172 valence electrons. The quantitative estimate of drug-likeness (QED) is 0.373. The summed E-state index contributed by atoms with van der Waals surface area (Å²) in [6.07, 6.45) is 2.54. The van der Waals surface area contributed by atoms with Crippen molar-refractivity contribution in [2.24, 2.45) is 0 Å². The molecule has 1 aliphatic rings. The van der Waals surface area contributed by atoms with Gasteiger partial charge in [-0.05, 0) is 71.8 Å². The molecule has 0 bridgehead atoms. The van der Waals surface area contributed by atoms with Gasteiger partial charge in [-0.15, -0.1) is 11.3 Å². The van der Waals surface area contributed by atoms with E-state index >= 15 is 0 Å². The summed E-state index contributed by atoms with van der Waals surface area (Å²) in [5.41, 5.74) is 2.53. The predicted molar refractivity (Wildman–Crippen MR) is 133 cm³/mol. The lowest BCUT2D eigenvalue weighted by Crippen LogP contribution is -2.47. The Balaban J connectivity index is 1.60. The van der Waals surface area contributed by atoms with Gasteiger partial charge in [0.2, 0.25) is 5.91 Å². The summed E-state index contributed by atoms with van der Waals surface area (Å²) in [7, 11) is 0. The maximum absolute atomic E-state index is 13.6. The minimum Gasteiger partial charge on any atom is -0.330 e. The number of fused-ring (bicyclic) bond motifs is 1. The van der Waals surface area contributed by atoms with Crippen LogP contribution < -0.4 is 0 Å². The van der Waals surface area contributed by atoms with Crippen molar-refractivity contribution in [3.05, 3.63) is 91.8 Å². The van der Waals surface area contributed by atoms with Gasteiger partial charge < -0.3 is 9.80 Å². The lowest BCUT2D eigenvalue weighted by molar-refractivity contribution is -0.134. The molecular weight excluding hydrogens is 503 g/mol. The van der Waals surface area contributed by atoms with E-state index in [0.717, 1.165) is 34.9 Å². The summed E-state index contributed by atoms with van der Waals surface area (Å²) in [5, 5.41) is 2.04. The molecule has 33 heavy (non-hydrogen) atoms. The SMILES string of the molecule is CCCCN(CC(=O)N1CCc2sccc2C1c1ccc(F)cc1)C(=O)c1ccc(Br)cc1. The smallest absolute Gasteiger partial charge is 0.254 e. The van der Waals surface area contributed by atoms with E-state index in [1.54, 1.807) is 40.5 Å². The van der Waals surface area contributed by atoms with Crippen LogP contribution in [-0.4, -0.2) is 41.2 Å². The molecule has 3 aromatic rings. The number of rotatable bonds is 7. The molecule has 0 saturated heterocycles. The van der Waals surface area contributed by atoms with Crippen molar-refractivity contribution in [3.63, 3.8) is 0 Å². The molecule has 0 N–H and O–H groups in total. The first-order valence-electron chi connectivity index (χ1n) is 11.1. The summed E-state index contributed by atoms with van der Waals surface area (Å²) >= 11 is 5.09. The molecule has 0 fully saturated rings. The van der Waals surface area contributed by atoms with Crippen LogP contribution in [-0.2, 0) is 11.2 Å². The zero-order chi connectivity index (χ0) is 23.4. The van der Waals surface area contributed by atoms with E-state index in [2.05, 4.69) is 28.9 Å². The van der Waals surface area contributed by atoms with Crippen molar-refractivity contribution in [2.75, 3.05) is 19.6 Å². The van der Waals surface area contributed by atoms with Crippen LogP contribution in [0.15, 0.2) is 64.5 Å². The fraction of sp³-hybridized carbons (Fsp3) is 0.308. The van der Waals surface area contributed by atoms with E-state index in [-0.39, 0.29) is 30.2 Å². The molecule has 1 aliphatic heterocycles. The van der Waals surface area contributed by atoms with Crippen LogP contribution in [0.1, 0.15) is 52.2 Å². The van der Waals surface area contributed by atoms with Crippen LogP contribution in [0.25, 0.3) is 0 Å². The zero-order valence-electron chi connectivity index (χ0n) is 18.5. The third-order valence-corrected chi connectivity index (χ3v) is 7.48. The minimum atomic E-state index is -0.302. The lowest BCUT2D eigenvalue weighted by Gasteiger charge is -2.37. The Bertz CT molecular complexity index is 1110. The van der Waals surface area contributed by atoms with E-state index in [4.69, 9.17) is 0 Å². The van der Waals surface area contributed by atoms with Crippen molar-refractivity contribution in [2.45, 2.75) is 32.2 Å². The van der Waals surface area contributed by atoms with Gasteiger partial charge in [-0.25, -0.2) is 4.39 Å². The first kappa shape index (κ1) is 23.6. The number of benzene rings is 2. The van der Waals surface area contributed by atoms with Gasteiger partial charge in [0.1, 0.15) is 12.4 Å². The molecule has 7 heteroatoms. The van der Waals surface area contributed by atoms with E-state index in [1.807, 2.05) is 22.4 Å². The first-order chi connectivity index (χ1) is 16.0. The van der Waals surface area contributed by atoms with E-state index < -0.39 is 0 Å². The topological polar surface area (TPSA) is 40.6 Å². The highest BCUT2D eigenvalue weighted by atomic mass is 79.9. The Hall–Kier alpha value is -2.51. The first-order valence-corrected chi connectivity index (χ1v) is 12.8. The number of amides is 2. The van der Waals surface area contributed by atoms with Gasteiger partial charge in [-0.2, -0.15) is 0 Å². The maximum atomic E-state index is 13.6. The molecule has 0 saturated carbocycles. The monoisotopic (exact) mass is 528 g/mol. The Morgan fingerprint density at radius 3 is 2.55 bits per heavy atom. The number of unbranched alkanes of at least 4 members (excludes halogenated alkanes) is 1. The van der Waals surface area contributed by atoms with Crippen LogP contribution in [0.4, 0.5) is 4.39 Å². The third-order valence-electron chi connectivity index (χ3n) is 5.96. The normalized spacial score (nSPS) is 15.2. The van der Waals surface area contributed by atoms with Gasteiger partial charge in [0.25, 0.3) is 5.91 Å². The highest BCUT2D eigenvalue weighted by molar-refractivity contribution is 9.10. The molecule has 1 aromatic heterocycles. The molecule has 2 aromatic carbocycles. The largest absolute Gasteiger partial charge is 0.330 e. The highest BCUT2D eigenvalue weighted by Gasteiger charge is 2.34. The fourth-order valence-electron chi connectivity index (χ4n) is 4.22. The van der Waals surface area contributed by atoms with Gasteiger partial charge >= 0.3 is 0 Å². The molecule has 2 heterocycles. The second-order valence-corrected chi connectivity index (χ2v) is 10.1. The van der Waals surface area contributed by atoms with Gasteiger partial charge in [-0.3, -0.25) is 9.59 Å². The minimum absolute atomic E-state index is 0.0199. The van der Waals surface area contributed by atoms with Crippen molar-refractivity contribution >= 4 is 39.1 Å². The number of nitrogens with zero attached hydrogens (tertiary/aromatic N) is 2. The molecule has 1 atom stereocenters. The third kappa shape index (κ3) is 5.36. The maximum Gasteiger partial charge on any atom is 0.254 e. The number of carbonyl (C=O) groups excluding carboxylic acids is 2. The average molecular weight is 529 g/mol. The van der Waals surface area contributed by atoms with Crippen molar-refractivity contribution < 1.29 is 14.0 Å². The van der Waals surface area contributed by atoms with Gasteiger partial charge in [0, 0.05) is 28.0 Å². The molecule has 0 spiro atoms. The fourth-order valence-corrected chi connectivity index (χ4v) is 5.39. The zero-order valence-corrected chi connectivity index (χ0v) is 20.9. The number of hydrogen-bond donors (Lipinski definition) is 0. The molecular formula is C26H26BrFN2O2S. The predicted octanol–water partition coefficient (Wildman–Crippen LogP) is 6.07. The van der Waals surface area contributed by atoms with Gasteiger partial charge in [-0.1, -0.05) is 41.4 Å². The summed E-state index contributed by atoms with van der Waals surface area (Å²) in [6, 6.07) is 15.3. The second-order valence-electron chi connectivity index (χ2n) is 8.18. The van der Waals surface area contributed by atoms with Crippen LogP contribution in [0.3, 0.4) is 0 Å². The number of hydrogen-bond acceptors (Lipinski definition) is 3. The standard InChI is InChI=1S/C26H26BrFN2O2S/c1-2-3-14-29(26(32)19-4-8-20(27)9-5-19)17-24(31)30-15-12-23-22(13-16-33-23)25(30)18-6-10-21(28)11-7-18/h4-11,13,16,25H,2-3,12,14-15,17H2,1H3. The van der Waals surface area contributed by atoms with Gasteiger partial charge in [0.15, 0.2) is 0 Å². The van der Waals surface area contributed by atoms with E-state index in [0.29, 0.717) is 18.7 Å². The van der Waals surface area contributed by atoms with Crippen LogP contribution in [0.5, 0.6) is 0 Å². The van der Waals surface area contributed by atoms with E-state index in [1.165, 1.54) is 17.0 Å². The number of carbonyl (C=O) groups is 2. The molecule has 0 radical (unpaired) electrons. The lowest BCUT2D eigenvalue weighted by atomic mass is 9.93. The summed E-state index contributed by atoms with van der Waals surface area (Å²) in [4.78, 5) is 31.6. The van der Waals surface area contributed by atoms with Crippen LogP contribution in [0.2, 0.25) is 0 Å². The molecule has 2 amide bonds. The van der Waals surface area contributed by atoms with Crippen LogP contribution in [0, 0.1) is 5.82 Å². The average Bonchev–Trinajstić information content (AvgIpc) is 3.30. The summed E-state index contributed by atoms with van der Waals surface area (Å²) in [5.74, 6) is -0.539. The summed E-state index contributed by atoms with van der Waals surface area (Å²) < 4.78 is 14.5. The second kappa shape index (κ2) is 10.6. The number of thiophene rings is 1. The molecule has 0 aliphatic carbocycles. The molecule has 4 rings (SSSR count). The molecule has 4 nitrogen and oxygen atoms in total. The van der Waals surface area contributed by atoms with Crippen molar-refractivity contribution in [3.8, 4) is 0 Å². The van der Waals surface area contributed by atoms with Crippen LogP contribution >= 0.6 is 27.3 Å². The highest BCUT2D eigenvalue weighted by Crippen LogP contribution is 2.38. The Kier molecular flexibility index (Phi) is 7.60. The number of halogens is 2. The van der Waals surface area contributed by atoms with E-state index in [9.17, 15) is 14.0 Å². The Morgan fingerprint density at radius 2 is 1.85 bits per heavy atom. The Labute approximate surface area is 206 Å². The Morgan fingerprint density at radius 1 is 1.12 bits per heavy atom.